The zero-order chi connectivity index (χ0) is 14.7. The van der Waals surface area contributed by atoms with Crippen LogP contribution in [0.5, 0.6) is 11.5 Å². The number of halogens is 1. The van der Waals surface area contributed by atoms with E-state index in [0.717, 1.165) is 0 Å². The number of benzene rings is 2. The molecule has 0 spiro atoms. The van der Waals surface area contributed by atoms with Crippen LogP contribution in [0.15, 0.2) is 36.4 Å². The lowest BCUT2D eigenvalue weighted by Crippen LogP contribution is -1.98. The number of carbonyl (C=O) groups is 1. The predicted octanol–water partition coefficient (Wildman–Crippen LogP) is 3.71. The summed E-state index contributed by atoms with van der Waals surface area (Å²) >= 11 is 0. The number of hydrogen-bond donors (Lipinski definition) is 0. The maximum atomic E-state index is 13.8. The molecule has 0 saturated carbocycles. The van der Waals surface area contributed by atoms with Crippen molar-refractivity contribution < 1.29 is 18.7 Å². The monoisotopic (exact) mass is 274 g/mol. The smallest absolute Gasteiger partial charge is 0.165 e. The third-order valence-electron chi connectivity index (χ3n) is 3.07. The van der Waals surface area contributed by atoms with Gasteiger partial charge < -0.3 is 9.47 Å². The first-order valence-corrected chi connectivity index (χ1v) is 6.09. The minimum atomic E-state index is -0.470. The van der Waals surface area contributed by atoms with Crippen molar-refractivity contribution >= 4 is 5.78 Å². The van der Waals surface area contributed by atoms with E-state index >= 15 is 0 Å². The van der Waals surface area contributed by atoms with E-state index in [-0.39, 0.29) is 11.5 Å². The van der Waals surface area contributed by atoms with Gasteiger partial charge in [0.1, 0.15) is 5.75 Å². The Balaban J connectivity index is 2.60. The average Bonchev–Trinajstić information content (AvgIpc) is 2.46. The van der Waals surface area contributed by atoms with E-state index in [2.05, 4.69) is 0 Å². The fourth-order valence-corrected chi connectivity index (χ4v) is 2.03. The topological polar surface area (TPSA) is 35.5 Å². The molecule has 0 heterocycles. The molecule has 3 nitrogen and oxygen atoms in total. The fourth-order valence-electron chi connectivity index (χ4n) is 2.03. The Bertz CT molecular complexity index is 650. The van der Waals surface area contributed by atoms with Crippen LogP contribution in [0, 0.1) is 5.82 Å². The van der Waals surface area contributed by atoms with Gasteiger partial charge in [0.2, 0.25) is 0 Å². The van der Waals surface area contributed by atoms with Crippen molar-refractivity contribution in [1.82, 2.24) is 0 Å². The molecule has 0 aliphatic heterocycles. The number of methoxy groups -OCH3 is 2. The summed E-state index contributed by atoms with van der Waals surface area (Å²) in [7, 11) is 2.95. The normalized spacial score (nSPS) is 10.2. The highest BCUT2D eigenvalue weighted by molar-refractivity contribution is 6.01. The lowest BCUT2D eigenvalue weighted by Gasteiger charge is -2.11. The largest absolute Gasteiger partial charge is 0.497 e. The number of rotatable bonds is 4. The molecule has 20 heavy (non-hydrogen) atoms. The van der Waals surface area contributed by atoms with Crippen molar-refractivity contribution in [1.29, 1.82) is 0 Å². The first-order chi connectivity index (χ1) is 9.56. The number of hydrogen-bond acceptors (Lipinski definition) is 3. The van der Waals surface area contributed by atoms with Crippen molar-refractivity contribution in [2.24, 2.45) is 0 Å². The van der Waals surface area contributed by atoms with Crippen LogP contribution in [0.25, 0.3) is 11.1 Å². The van der Waals surface area contributed by atoms with Gasteiger partial charge in [0.15, 0.2) is 17.3 Å². The highest BCUT2D eigenvalue weighted by Gasteiger charge is 2.13. The van der Waals surface area contributed by atoms with Crippen LogP contribution in [-0.4, -0.2) is 20.0 Å². The van der Waals surface area contributed by atoms with Crippen LogP contribution in [0.4, 0.5) is 4.39 Å². The lowest BCUT2D eigenvalue weighted by molar-refractivity contribution is 0.101. The van der Waals surface area contributed by atoms with Gasteiger partial charge in [-0.05, 0) is 48.4 Å². The maximum absolute atomic E-state index is 13.8. The minimum absolute atomic E-state index is 0.0844. The van der Waals surface area contributed by atoms with Gasteiger partial charge in [-0.15, -0.1) is 0 Å². The molecule has 0 radical (unpaired) electrons. The van der Waals surface area contributed by atoms with Crippen LogP contribution in [0.2, 0.25) is 0 Å². The molecule has 0 aliphatic rings. The van der Waals surface area contributed by atoms with Gasteiger partial charge in [-0.2, -0.15) is 0 Å². The summed E-state index contributed by atoms with van der Waals surface area (Å²) in [5, 5.41) is 0. The minimum Gasteiger partial charge on any atom is -0.497 e. The molecule has 0 saturated heterocycles. The zero-order valence-electron chi connectivity index (χ0n) is 11.6. The van der Waals surface area contributed by atoms with Gasteiger partial charge >= 0.3 is 0 Å². The molecule has 0 amide bonds. The van der Waals surface area contributed by atoms with Crippen molar-refractivity contribution in [2.45, 2.75) is 6.92 Å². The molecule has 0 aliphatic carbocycles. The zero-order valence-corrected chi connectivity index (χ0v) is 11.6. The number of ether oxygens (including phenoxy) is 2. The molecule has 0 atom stereocenters. The van der Waals surface area contributed by atoms with Crippen molar-refractivity contribution in [3.63, 3.8) is 0 Å². The molecule has 2 rings (SSSR count). The Morgan fingerprint density at radius 1 is 1.05 bits per heavy atom. The summed E-state index contributed by atoms with van der Waals surface area (Å²) in [5.41, 5.74) is 1.76. The molecular formula is C16H15FO3. The number of Topliss-reactive ketones (excluding diaryl/α,β-unsaturated/α-hetero) is 1. The first kappa shape index (κ1) is 14.1. The van der Waals surface area contributed by atoms with E-state index in [1.165, 1.54) is 26.2 Å². The quantitative estimate of drug-likeness (QED) is 0.797. The lowest BCUT2D eigenvalue weighted by atomic mass is 9.97. The summed E-state index contributed by atoms with van der Waals surface area (Å²) in [4.78, 5) is 11.7. The number of carbonyl (C=O) groups excluding carboxylic acids is 1. The molecule has 0 fully saturated rings. The summed E-state index contributed by atoms with van der Waals surface area (Å²) < 4.78 is 23.9. The molecule has 104 valence electrons. The standard InChI is InChI=1S/C16H15FO3/c1-10(18)13-6-5-12(19-2)9-14(13)11-4-7-16(20-3)15(17)8-11/h4-9H,1-3H3. The Labute approximate surface area is 117 Å². The molecule has 4 heteroatoms. The van der Waals surface area contributed by atoms with Crippen molar-refractivity contribution in [3.8, 4) is 22.6 Å². The van der Waals surface area contributed by atoms with Gasteiger partial charge in [0.25, 0.3) is 0 Å². The average molecular weight is 274 g/mol. The summed E-state index contributed by atoms with van der Waals surface area (Å²) in [6, 6.07) is 9.70. The van der Waals surface area contributed by atoms with E-state index in [0.29, 0.717) is 22.4 Å². The fraction of sp³-hybridized carbons (Fsp3) is 0.188. The maximum Gasteiger partial charge on any atom is 0.165 e. The molecular weight excluding hydrogens is 259 g/mol. The molecule has 0 N–H and O–H groups in total. The third kappa shape index (κ3) is 2.64. The molecule has 0 unspecified atom stereocenters. The molecule has 0 bridgehead atoms. The van der Waals surface area contributed by atoms with Crippen molar-refractivity contribution in [2.75, 3.05) is 14.2 Å². The summed E-state index contributed by atoms with van der Waals surface area (Å²) in [5.74, 6) is 0.225. The predicted molar refractivity (Wildman–Crippen MR) is 74.9 cm³/mol. The summed E-state index contributed by atoms with van der Waals surface area (Å²) in [6.07, 6.45) is 0. The van der Waals surface area contributed by atoms with E-state index in [1.54, 1.807) is 31.4 Å². The molecule has 2 aromatic rings. The van der Waals surface area contributed by atoms with E-state index < -0.39 is 5.82 Å². The van der Waals surface area contributed by atoms with Crippen LogP contribution in [-0.2, 0) is 0 Å². The van der Waals surface area contributed by atoms with Crippen LogP contribution in [0.3, 0.4) is 0 Å². The SMILES string of the molecule is COc1ccc(C(C)=O)c(-c2ccc(OC)c(F)c2)c1. The Hall–Kier alpha value is -2.36. The van der Waals surface area contributed by atoms with Gasteiger partial charge in [-0.3, -0.25) is 4.79 Å². The van der Waals surface area contributed by atoms with Gasteiger partial charge in [-0.25, -0.2) is 4.39 Å². The van der Waals surface area contributed by atoms with Crippen molar-refractivity contribution in [3.05, 3.63) is 47.8 Å². The highest BCUT2D eigenvalue weighted by Crippen LogP contribution is 2.31. The second-order valence-electron chi connectivity index (χ2n) is 4.32. The van der Waals surface area contributed by atoms with Gasteiger partial charge in [0.05, 0.1) is 14.2 Å². The van der Waals surface area contributed by atoms with Gasteiger partial charge in [-0.1, -0.05) is 6.07 Å². The molecule has 0 aromatic heterocycles. The molecule has 2 aromatic carbocycles. The van der Waals surface area contributed by atoms with Gasteiger partial charge in [0, 0.05) is 5.56 Å². The number of ketones is 1. The highest BCUT2D eigenvalue weighted by atomic mass is 19.1. The second kappa shape index (κ2) is 5.74. The second-order valence-corrected chi connectivity index (χ2v) is 4.32. The van der Waals surface area contributed by atoms with Crippen LogP contribution < -0.4 is 9.47 Å². The van der Waals surface area contributed by atoms with Crippen LogP contribution >= 0.6 is 0 Å². The van der Waals surface area contributed by atoms with Crippen LogP contribution in [0.1, 0.15) is 17.3 Å². The van der Waals surface area contributed by atoms with E-state index in [9.17, 15) is 9.18 Å². The first-order valence-electron chi connectivity index (χ1n) is 6.09. The Morgan fingerprint density at radius 2 is 1.80 bits per heavy atom. The summed E-state index contributed by atoms with van der Waals surface area (Å²) in [6.45, 7) is 1.48. The Kier molecular flexibility index (Phi) is 4.03. The van der Waals surface area contributed by atoms with E-state index in [4.69, 9.17) is 9.47 Å². The van der Waals surface area contributed by atoms with E-state index in [1.807, 2.05) is 0 Å². The Morgan fingerprint density at radius 3 is 2.35 bits per heavy atom. The third-order valence-corrected chi connectivity index (χ3v) is 3.07.